The fourth-order valence-corrected chi connectivity index (χ4v) is 5.15. The second-order valence-corrected chi connectivity index (χ2v) is 9.98. The predicted molar refractivity (Wildman–Crippen MR) is 131 cm³/mol. The van der Waals surface area contributed by atoms with Gasteiger partial charge in [-0.15, -0.1) is 0 Å². The Bertz CT molecular complexity index is 1170. The molecule has 3 amide bonds. The van der Waals surface area contributed by atoms with Crippen LogP contribution in [0.5, 0.6) is 11.5 Å². The Kier molecular flexibility index (Phi) is 6.59. The summed E-state index contributed by atoms with van der Waals surface area (Å²) in [6.45, 7) is 4.99. The highest BCUT2D eigenvalue weighted by Crippen LogP contribution is 2.33. The lowest BCUT2D eigenvalue weighted by molar-refractivity contribution is -0.133. The number of benzene rings is 1. The molecule has 3 aliphatic rings. The summed E-state index contributed by atoms with van der Waals surface area (Å²) in [6.07, 6.45) is 5.82. The van der Waals surface area contributed by atoms with Crippen molar-refractivity contribution in [1.82, 2.24) is 25.3 Å². The largest absolute Gasteiger partial charge is 0.454 e. The summed E-state index contributed by atoms with van der Waals surface area (Å²) >= 11 is 0. The van der Waals surface area contributed by atoms with Crippen LogP contribution in [-0.2, 0) is 17.9 Å². The van der Waals surface area contributed by atoms with Crippen LogP contribution < -0.4 is 20.1 Å². The molecular weight excluding hydrogens is 462 g/mol. The molecule has 10 nitrogen and oxygen atoms in total. The Morgan fingerprint density at radius 3 is 2.72 bits per heavy atom. The summed E-state index contributed by atoms with van der Waals surface area (Å²) in [7, 11) is 0. The topological polar surface area (TPSA) is 115 Å². The maximum absolute atomic E-state index is 13.5. The molecule has 5 rings (SSSR count). The molecule has 0 bridgehead atoms. The SMILES string of the molecule is CCCCN1C(=O)c2cc(C(=O)NCc3ccc4c(c3)OCO4)nn2C[C@@]1(C)C(=O)NC1CCCC1. The average Bonchev–Trinajstić information content (AvgIpc) is 3.63. The first-order valence-corrected chi connectivity index (χ1v) is 12.8. The van der Waals surface area contributed by atoms with Gasteiger partial charge in [0.1, 0.15) is 11.2 Å². The van der Waals surface area contributed by atoms with Gasteiger partial charge in [0.25, 0.3) is 11.8 Å². The number of ether oxygens (including phenoxy) is 2. The molecule has 1 atom stereocenters. The van der Waals surface area contributed by atoms with E-state index in [2.05, 4.69) is 22.7 Å². The van der Waals surface area contributed by atoms with Crippen molar-refractivity contribution in [1.29, 1.82) is 0 Å². The van der Waals surface area contributed by atoms with Crippen molar-refractivity contribution in [2.45, 2.75) is 77.0 Å². The lowest BCUT2D eigenvalue weighted by atomic mass is 9.94. The van der Waals surface area contributed by atoms with E-state index in [0.717, 1.165) is 44.1 Å². The van der Waals surface area contributed by atoms with E-state index in [9.17, 15) is 14.4 Å². The zero-order chi connectivity index (χ0) is 25.3. The number of carbonyl (C=O) groups is 3. The van der Waals surface area contributed by atoms with Crippen LogP contribution in [0.25, 0.3) is 0 Å². The Balaban J connectivity index is 1.33. The molecule has 0 spiro atoms. The fourth-order valence-electron chi connectivity index (χ4n) is 5.15. The number of nitrogens with one attached hydrogen (secondary N) is 2. The van der Waals surface area contributed by atoms with E-state index in [1.54, 1.807) is 17.9 Å². The van der Waals surface area contributed by atoms with E-state index in [-0.39, 0.29) is 49.3 Å². The third-order valence-corrected chi connectivity index (χ3v) is 7.34. The maximum atomic E-state index is 13.5. The van der Waals surface area contributed by atoms with E-state index in [0.29, 0.717) is 23.7 Å². The molecule has 2 aromatic rings. The molecule has 2 N–H and O–H groups in total. The van der Waals surface area contributed by atoms with Gasteiger partial charge in [-0.05, 0) is 43.9 Å². The average molecular weight is 496 g/mol. The van der Waals surface area contributed by atoms with Crippen molar-refractivity contribution < 1.29 is 23.9 Å². The van der Waals surface area contributed by atoms with Crippen LogP contribution in [0.15, 0.2) is 24.3 Å². The molecule has 192 valence electrons. The van der Waals surface area contributed by atoms with Gasteiger partial charge in [0.15, 0.2) is 17.2 Å². The maximum Gasteiger partial charge on any atom is 0.273 e. The Morgan fingerprint density at radius 2 is 1.94 bits per heavy atom. The molecule has 0 saturated heterocycles. The Labute approximate surface area is 210 Å². The number of hydrogen-bond donors (Lipinski definition) is 2. The quantitative estimate of drug-likeness (QED) is 0.582. The number of aromatic nitrogens is 2. The minimum Gasteiger partial charge on any atom is -0.454 e. The molecule has 1 aliphatic carbocycles. The van der Waals surface area contributed by atoms with Crippen molar-refractivity contribution >= 4 is 17.7 Å². The number of carbonyl (C=O) groups excluding carboxylic acids is 3. The second-order valence-electron chi connectivity index (χ2n) is 9.98. The minimum absolute atomic E-state index is 0.147. The number of amides is 3. The van der Waals surface area contributed by atoms with Crippen molar-refractivity contribution in [2.24, 2.45) is 0 Å². The molecule has 36 heavy (non-hydrogen) atoms. The van der Waals surface area contributed by atoms with Crippen LogP contribution in [0.4, 0.5) is 0 Å². The first-order chi connectivity index (χ1) is 17.4. The standard InChI is InChI=1S/C26H33N5O5/c1-3-4-11-30-24(33)20-13-19(23(32)27-14-17-9-10-21-22(12-17)36-16-35-21)29-31(20)15-26(30,2)25(34)28-18-7-5-6-8-18/h9-10,12-13,18H,3-8,11,14-16H2,1-2H3,(H,27,32)(H,28,34)/t26-/m0/s1. The minimum atomic E-state index is -1.08. The zero-order valence-electron chi connectivity index (χ0n) is 20.8. The van der Waals surface area contributed by atoms with Crippen molar-refractivity contribution in [2.75, 3.05) is 13.3 Å². The molecule has 0 unspecified atom stereocenters. The highest BCUT2D eigenvalue weighted by molar-refractivity contribution is 6.02. The van der Waals surface area contributed by atoms with Gasteiger partial charge in [0.2, 0.25) is 12.7 Å². The zero-order valence-corrected chi connectivity index (χ0v) is 20.8. The predicted octanol–water partition coefficient (Wildman–Crippen LogP) is 2.62. The first-order valence-electron chi connectivity index (χ1n) is 12.8. The van der Waals surface area contributed by atoms with E-state index < -0.39 is 5.54 Å². The monoisotopic (exact) mass is 495 g/mol. The second kappa shape index (κ2) is 9.83. The Morgan fingerprint density at radius 1 is 1.17 bits per heavy atom. The molecule has 1 fully saturated rings. The molecule has 10 heteroatoms. The number of fused-ring (bicyclic) bond motifs is 2. The van der Waals surface area contributed by atoms with Crippen LogP contribution in [-0.4, -0.2) is 57.3 Å². The molecule has 1 aromatic carbocycles. The van der Waals surface area contributed by atoms with Gasteiger partial charge in [-0.25, -0.2) is 0 Å². The van der Waals surface area contributed by atoms with Gasteiger partial charge in [-0.2, -0.15) is 5.10 Å². The van der Waals surface area contributed by atoms with Crippen LogP contribution in [0.1, 0.15) is 78.9 Å². The van der Waals surface area contributed by atoms with Crippen LogP contribution in [0.2, 0.25) is 0 Å². The number of rotatable bonds is 8. The molecule has 1 aromatic heterocycles. The van der Waals surface area contributed by atoms with Gasteiger partial charge in [0, 0.05) is 25.2 Å². The van der Waals surface area contributed by atoms with E-state index in [1.165, 1.54) is 10.7 Å². The molecule has 0 radical (unpaired) electrons. The molecule has 2 aliphatic heterocycles. The number of nitrogens with zero attached hydrogens (tertiary/aromatic N) is 3. The number of unbranched alkanes of at least 4 members (excludes halogenated alkanes) is 1. The van der Waals surface area contributed by atoms with Gasteiger partial charge in [-0.3, -0.25) is 19.1 Å². The summed E-state index contributed by atoms with van der Waals surface area (Å²) in [6, 6.07) is 7.15. The van der Waals surface area contributed by atoms with Crippen LogP contribution in [0, 0.1) is 0 Å². The van der Waals surface area contributed by atoms with Crippen molar-refractivity contribution in [3.63, 3.8) is 0 Å². The van der Waals surface area contributed by atoms with Crippen LogP contribution in [0.3, 0.4) is 0 Å². The van der Waals surface area contributed by atoms with E-state index >= 15 is 0 Å². The highest BCUT2D eigenvalue weighted by Gasteiger charge is 2.48. The molecule has 1 saturated carbocycles. The van der Waals surface area contributed by atoms with E-state index in [4.69, 9.17) is 9.47 Å². The Hall–Kier alpha value is -3.56. The van der Waals surface area contributed by atoms with Gasteiger partial charge in [-0.1, -0.05) is 32.3 Å². The normalized spacial score (nSPS) is 20.9. The summed E-state index contributed by atoms with van der Waals surface area (Å²) in [4.78, 5) is 41.5. The summed E-state index contributed by atoms with van der Waals surface area (Å²) in [5.41, 5.74) is 0.253. The van der Waals surface area contributed by atoms with Crippen molar-refractivity contribution in [3.05, 3.63) is 41.2 Å². The third-order valence-electron chi connectivity index (χ3n) is 7.34. The third kappa shape index (κ3) is 4.52. The van der Waals surface area contributed by atoms with E-state index in [1.807, 2.05) is 12.1 Å². The van der Waals surface area contributed by atoms with Gasteiger partial charge >= 0.3 is 0 Å². The first kappa shape index (κ1) is 24.1. The van der Waals surface area contributed by atoms with Crippen LogP contribution >= 0.6 is 0 Å². The van der Waals surface area contributed by atoms with Gasteiger partial charge in [0.05, 0.1) is 6.54 Å². The van der Waals surface area contributed by atoms with Crippen molar-refractivity contribution in [3.8, 4) is 11.5 Å². The molecular formula is C26H33N5O5. The summed E-state index contributed by atoms with van der Waals surface area (Å²) in [5, 5.41) is 10.4. The summed E-state index contributed by atoms with van der Waals surface area (Å²) < 4.78 is 12.2. The highest BCUT2D eigenvalue weighted by atomic mass is 16.7. The molecule has 3 heterocycles. The van der Waals surface area contributed by atoms with Gasteiger partial charge < -0.3 is 25.0 Å². The number of hydrogen-bond acceptors (Lipinski definition) is 6. The lowest BCUT2D eigenvalue weighted by Crippen LogP contribution is -2.65. The smallest absolute Gasteiger partial charge is 0.273 e. The fraction of sp³-hybridized carbons (Fsp3) is 0.538. The summed E-state index contributed by atoms with van der Waals surface area (Å²) in [5.74, 6) is 0.500. The lowest BCUT2D eigenvalue weighted by Gasteiger charge is -2.43.